The van der Waals surface area contributed by atoms with Gasteiger partial charge in [0.2, 0.25) is 0 Å². The molecule has 0 aliphatic heterocycles. The average Bonchev–Trinajstić information content (AvgIpc) is 3.35. The second kappa shape index (κ2) is 19.4. The highest BCUT2D eigenvalue weighted by atomic mass is 14.2. The molecule has 8 aromatic rings. The van der Waals surface area contributed by atoms with Crippen LogP contribution in [0, 0.1) is 13.8 Å². The normalized spacial score (nSPS) is 12.8. The first-order valence-corrected chi connectivity index (χ1v) is 22.5. The van der Waals surface area contributed by atoms with Gasteiger partial charge in [-0.25, -0.2) is 0 Å². The first-order chi connectivity index (χ1) is 32.1. The fraction of sp³-hybridized carbons (Fsp3) is 0.0606. The lowest BCUT2D eigenvalue weighted by molar-refractivity contribution is 1.29. The Bertz CT molecular complexity index is 3550. The van der Waals surface area contributed by atoms with Crippen molar-refractivity contribution in [2.24, 2.45) is 0 Å². The van der Waals surface area contributed by atoms with E-state index in [0.717, 1.165) is 110 Å². The maximum atomic E-state index is 4.77. The van der Waals surface area contributed by atoms with Gasteiger partial charge in [-0.05, 0) is 190 Å². The molecule has 0 saturated carbocycles. The SMILES string of the molecule is C=Cc1ccccc1/C=C(C)/C(=C/C(=C)c1cc(C=C)c(C=C)c2ccccc12)c1ccc(/C(=C\C(=C)c2cc3ccccc3c3ccccc23)C(=C)/C=c2/cccc/c2=C/C)c(C)c1C. The topological polar surface area (TPSA) is 0 Å². The van der Waals surface area contributed by atoms with E-state index in [0.29, 0.717) is 0 Å². The van der Waals surface area contributed by atoms with Gasteiger partial charge in [-0.15, -0.1) is 0 Å². The van der Waals surface area contributed by atoms with Crippen LogP contribution in [-0.4, -0.2) is 0 Å². The second-order valence-corrected chi connectivity index (χ2v) is 16.9. The van der Waals surface area contributed by atoms with Crippen molar-refractivity contribution in [3.8, 4) is 0 Å². The van der Waals surface area contributed by atoms with E-state index in [1.54, 1.807) is 0 Å². The number of allylic oxidation sites excluding steroid dienone is 8. The largest absolute Gasteiger partial charge is 0.0984 e. The molecule has 8 aromatic carbocycles. The number of rotatable bonds is 13. The fourth-order valence-corrected chi connectivity index (χ4v) is 9.37. The van der Waals surface area contributed by atoms with Crippen molar-refractivity contribution in [2.75, 3.05) is 0 Å². The summed E-state index contributed by atoms with van der Waals surface area (Å²) in [6, 6.07) is 51.5. The molecule has 0 nitrogen and oxygen atoms in total. The third-order valence-corrected chi connectivity index (χ3v) is 13.0. The third kappa shape index (κ3) is 8.62. The van der Waals surface area contributed by atoms with Gasteiger partial charge < -0.3 is 0 Å². The molecule has 8 rings (SSSR count). The van der Waals surface area contributed by atoms with E-state index in [-0.39, 0.29) is 0 Å². The maximum Gasteiger partial charge on any atom is -0.00992 e. The number of benzene rings is 8. The minimum Gasteiger partial charge on any atom is -0.0984 e. The van der Waals surface area contributed by atoms with Crippen molar-refractivity contribution < 1.29 is 0 Å². The monoisotopic (exact) mass is 848 g/mol. The zero-order chi connectivity index (χ0) is 46.5. The summed E-state index contributed by atoms with van der Waals surface area (Å²) in [6.45, 7) is 35.5. The highest BCUT2D eigenvalue weighted by molar-refractivity contribution is 6.13. The minimum atomic E-state index is 0.902. The average molecular weight is 849 g/mol. The van der Waals surface area contributed by atoms with Crippen molar-refractivity contribution in [3.05, 3.63) is 274 Å². The molecule has 0 N–H and O–H groups in total. The van der Waals surface area contributed by atoms with E-state index in [1.165, 1.54) is 21.5 Å². The Morgan fingerprint density at radius 1 is 0.455 bits per heavy atom. The van der Waals surface area contributed by atoms with Gasteiger partial charge in [0, 0.05) is 0 Å². The molecule has 0 heterocycles. The van der Waals surface area contributed by atoms with E-state index >= 15 is 0 Å². The Morgan fingerprint density at radius 3 is 1.59 bits per heavy atom. The fourth-order valence-electron chi connectivity index (χ4n) is 9.37. The molecule has 0 radical (unpaired) electrons. The van der Waals surface area contributed by atoms with Crippen molar-refractivity contribution in [3.63, 3.8) is 0 Å². The van der Waals surface area contributed by atoms with Crippen molar-refractivity contribution in [1.29, 1.82) is 0 Å². The zero-order valence-corrected chi connectivity index (χ0v) is 38.7. The van der Waals surface area contributed by atoms with Crippen LogP contribution < -0.4 is 10.4 Å². The van der Waals surface area contributed by atoms with Crippen molar-refractivity contribution in [2.45, 2.75) is 27.7 Å². The molecule has 0 amide bonds. The Kier molecular flexibility index (Phi) is 13.1. The van der Waals surface area contributed by atoms with Gasteiger partial charge in [-0.1, -0.05) is 203 Å². The van der Waals surface area contributed by atoms with Gasteiger partial charge in [-0.3, -0.25) is 0 Å². The molecule has 0 heteroatoms. The van der Waals surface area contributed by atoms with Gasteiger partial charge in [-0.2, -0.15) is 0 Å². The molecule has 0 aliphatic rings. The maximum absolute atomic E-state index is 4.77. The predicted molar refractivity (Wildman–Crippen MR) is 295 cm³/mol. The molecule has 0 spiro atoms. The van der Waals surface area contributed by atoms with E-state index in [2.05, 4.69) is 223 Å². The second-order valence-electron chi connectivity index (χ2n) is 16.9. The predicted octanol–water partition coefficient (Wildman–Crippen LogP) is 16.8. The van der Waals surface area contributed by atoms with E-state index in [9.17, 15) is 0 Å². The lowest BCUT2D eigenvalue weighted by Crippen LogP contribution is -2.23. The van der Waals surface area contributed by atoms with Gasteiger partial charge in [0.25, 0.3) is 0 Å². The van der Waals surface area contributed by atoms with E-state index < -0.39 is 0 Å². The molecule has 320 valence electrons. The summed E-state index contributed by atoms with van der Waals surface area (Å²) in [5.74, 6) is 0. The van der Waals surface area contributed by atoms with Crippen LogP contribution >= 0.6 is 0 Å². The summed E-state index contributed by atoms with van der Waals surface area (Å²) in [7, 11) is 0. The Balaban J connectivity index is 1.34. The van der Waals surface area contributed by atoms with Gasteiger partial charge in [0.05, 0.1) is 0 Å². The number of hydrogen-bond acceptors (Lipinski definition) is 0. The summed E-state index contributed by atoms with van der Waals surface area (Å²) in [5.41, 5.74) is 16.9. The molecule has 0 bridgehead atoms. The summed E-state index contributed by atoms with van der Waals surface area (Å²) in [5, 5.41) is 9.30. The summed E-state index contributed by atoms with van der Waals surface area (Å²) < 4.78 is 0. The van der Waals surface area contributed by atoms with Crippen LogP contribution in [0.4, 0.5) is 0 Å². The quantitative estimate of drug-likeness (QED) is 0.0801. The minimum absolute atomic E-state index is 0.902. The van der Waals surface area contributed by atoms with Gasteiger partial charge in [0.1, 0.15) is 0 Å². The van der Waals surface area contributed by atoms with E-state index in [1.807, 2.05) is 18.2 Å². The Labute approximate surface area is 391 Å². The summed E-state index contributed by atoms with van der Waals surface area (Å²) in [4.78, 5) is 0. The van der Waals surface area contributed by atoms with Crippen LogP contribution in [0.15, 0.2) is 208 Å². The standard InChI is InChI=1S/C66H56/c1-11-49-25-15-17-27-52(49)37-43(5)63(39-45(7)65-41-51(13-3)55(14-4)59-31-21-23-33-61(59)65)56-35-36-57(48(10)47(56)9)64(44(6)38-53-28-18-16-26-50(53)12-2)40-46(8)66-42-54-29-19-20-30-58(54)60-32-22-24-34-62(60)66/h11-42H,1,3-4,6-8H2,2,5,9-10H3/b43-37+,50-12-,53-38-,63-39-,64-40-. The summed E-state index contributed by atoms with van der Waals surface area (Å²) >= 11 is 0. The van der Waals surface area contributed by atoms with E-state index in [4.69, 9.17) is 19.7 Å². The molecule has 0 aliphatic carbocycles. The zero-order valence-electron chi connectivity index (χ0n) is 38.7. The van der Waals surface area contributed by atoms with Crippen LogP contribution in [0.2, 0.25) is 0 Å². The molecular formula is C66H56. The van der Waals surface area contributed by atoms with Crippen molar-refractivity contribution in [1.82, 2.24) is 0 Å². The smallest absolute Gasteiger partial charge is 0.00992 e. The Morgan fingerprint density at radius 2 is 0.955 bits per heavy atom. The van der Waals surface area contributed by atoms with Crippen LogP contribution in [0.5, 0.6) is 0 Å². The molecule has 0 saturated heterocycles. The molecule has 0 aromatic heterocycles. The summed E-state index contributed by atoms with van der Waals surface area (Å²) in [6.07, 6.45) is 16.8. The third-order valence-electron chi connectivity index (χ3n) is 13.0. The molecule has 66 heavy (non-hydrogen) atoms. The highest BCUT2D eigenvalue weighted by Crippen LogP contribution is 2.40. The Hall–Kier alpha value is -8.06. The molecular weight excluding hydrogens is 793 g/mol. The molecule has 0 fully saturated rings. The van der Waals surface area contributed by atoms with Crippen LogP contribution in [-0.2, 0) is 0 Å². The first-order valence-electron chi connectivity index (χ1n) is 22.5. The number of hydrogen-bond donors (Lipinski definition) is 0. The molecule has 0 unspecified atom stereocenters. The lowest BCUT2D eigenvalue weighted by atomic mass is 9.83. The van der Waals surface area contributed by atoms with Crippen LogP contribution in [0.1, 0.15) is 69.5 Å². The van der Waals surface area contributed by atoms with Crippen LogP contribution in [0.25, 0.3) is 91.1 Å². The first kappa shape index (κ1) is 44.5. The van der Waals surface area contributed by atoms with Crippen molar-refractivity contribution >= 4 is 91.1 Å². The van der Waals surface area contributed by atoms with Gasteiger partial charge in [0.15, 0.2) is 0 Å². The van der Waals surface area contributed by atoms with Crippen LogP contribution in [0.3, 0.4) is 0 Å². The molecule has 0 atom stereocenters. The lowest BCUT2D eigenvalue weighted by Gasteiger charge is -2.21. The van der Waals surface area contributed by atoms with Gasteiger partial charge >= 0.3 is 0 Å². The highest BCUT2D eigenvalue weighted by Gasteiger charge is 2.19. The number of fused-ring (bicyclic) bond motifs is 4.